The van der Waals surface area contributed by atoms with E-state index in [1.54, 1.807) is 0 Å². The normalized spacial score (nSPS) is 10.6. The second-order valence-corrected chi connectivity index (χ2v) is 6.22. The second kappa shape index (κ2) is 6.31. The smallest absolute Gasteiger partial charge is 0.0597 e. The number of aryl methyl sites for hydroxylation is 2. The molecule has 2 nitrogen and oxygen atoms in total. The largest absolute Gasteiger partial charge is 0.397 e. The number of nitrogens with two attached hydrogens (primary N) is 1. The summed E-state index contributed by atoms with van der Waals surface area (Å²) >= 11 is 3.53. The van der Waals surface area contributed by atoms with E-state index in [9.17, 15) is 0 Å². The molecule has 20 heavy (non-hydrogen) atoms. The van der Waals surface area contributed by atoms with Crippen LogP contribution < -0.4 is 10.6 Å². The summed E-state index contributed by atoms with van der Waals surface area (Å²) in [7, 11) is 2.09. The number of nitrogen functional groups attached to an aromatic ring is 1. The third-order valence-corrected chi connectivity index (χ3v) is 4.12. The quantitative estimate of drug-likeness (QED) is 0.844. The Hall–Kier alpha value is -1.48. The van der Waals surface area contributed by atoms with Crippen LogP contribution in [0.1, 0.15) is 16.7 Å². The highest BCUT2D eigenvalue weighted by atomic mass is 79.9. The maximum atomic E-state index is 6.10. The predicted octanol–water partition coefficient (Wildman–Crippen LogP) is 4.33. The van der Waals surface area contributed by atoms with Crippen LogP contribution in [0.5, 0.6) is 0 Å². The predicted molar refractivity (Wildman–Crippen MR) is 91.4 cm³/mol. The van der Waals surface area contributed by atoms with E-state index in [0.29, 0.717) is 0 Å². The van der Waals surface area contributed by atoms with Crippen LogP contribution in [0.4, 0.5) is 11.4 Å². The molecule has 2 aromatic carbocycles. The summed E-state index contributed by atoms with van der Waals surface area (Å²) in [4.78, 5) is 2.22. The summed E-state index contributed by atoms with van der Waals surface area (Å²) < 4.78 is 1.13. The molecule has 2 rings (SSSR count). The number of hydrogen-bond donors (Lipinski definition) is 1. The fraction of sp³-hybridized carbons (Fsp3) is 0.294. The van der Waals surface area contributed by atoms with E-state index in [1.165, 1.54) is 16.7 Å². The Morgan fingerprint density at radius 1 is 1.10 bits per heavy atom. The second-order valence-electron chi connectivity index (χ2n) is 5.30. The molecule has 0 bridgehead atoms. The van der Waals surface area contributed by atoms with E-state index in [2.05, 4.69) is 72.1 Å². The van der Waals surface area contributed by atoms with Gasteiger partial charge in [-0.2, -0.15) is 0 Å². The highest BCUT2D eigenvalue weighted by Crippen LogP contribution is 2.24. The van der Waals surface area contributed by atoms with Crippen LogP contribution in [-0.2, 0) is 6.42 Å². The summed E-state index contributed by atoms with van der Waals surface area (Å²) in [6.07, 6.45) is 1.01. The van der Waals surface area contributed by atoms with Crippen molar-refractivity contribution in [3.8, 4) is 0 Å². The van der Waals surface area contributed by atoms with Gasteiger partial charge in [0.1, 0.15) is 0 Å². The van der Waals surface area contributed by atoms with E-state index in [-0.39, 0.29) is 0 Å². The number of benzene rings is 2. The minimum atomic E-state index is 0.846. The Labute approximate surface area is 129 Å². The molecule has 0 atom stereocenters. The summed E-state index contributed by atoms with van der Waals surface area (Å²) in [6, 6.07) is 12.7. The van der Waals surface area contributed by atoms with Gasteiger partial charge < -0.3 is 10.6 Å². The minimum Gasteiger partial charge on any atom is -0.397 e. The van der Waals surface area contributed by atoms with Crippen molar-refractivity contribution < 1.29 is 0 Å². The van der Waals surface area contributed by atoms with Gasteiger partial charge in [0.2, 0.25) is 0 Å². The molecule has 0 aromatic heterocycles. The molecule has 0 aliphatic carbocycles. The molecule has 0 saturated heterocycles. The Kier molecular flexibility index (Phi) is 4.71. The van der Waals surface area contributed by atoms with E-state index < -0.39 is 0 Å². The average Bonchev–Trinajstić information content (AvgIpc) is 2.39. The first-order valence-corrected chi connectivity index (χ1v) is 7.59. The van der Waals surface area contributed by atoms with E-state index in [1.807, 2.05) is 6.07 Å². The van der Waals surface area contributed by atoms with E-state index >= 15 is 0 Å². The molecule has 0 fully saturated rings. The van der Waals surface area contributed by atoms with Crippen molar-refractivity contribution in [3.63, 3.8) is 0 Å². The van der Waals surface area contributed by atoms with Crippen LogP contribution in [0.2, 0.25) is 0 Å². The maximum Gasteiger partial charge on any atom is 0.0597 e. The molecule has 2 aromatic rings. The summed E-state index contributed by atoms with van der Waals surface area (Å²) in [5.41, 5.74) is 11.9. The number of hydrogen-bond acceptors (Lipinski definition) is 2. The highest BCUT2D eigenvalue weighted by molar-refractivity contribution is 9.10. The fourth-order valence-electron chi connectivity index (χ4n) is 2.34. The monoisotopic (exact) mass is 332 g/mol. The molecule has 0 saturated carbocycles. The first-order chi connectivity index (χ1) is 9.47. The Morgan fingerprint density at radius 3 is 2.55 bits per heavy atom. The lowest BCUT2D eigenvalue weighted by molar-refractivity contribution is 0.872. The zero-order valence-corrected chi connectivity index (χ0v) is 13.9. The number of nitrogens with zero attached hydrogens (tertiary/aromatic N) is 1. The molecule has 2 N–H and O–H groups in total. The molecule has 0 spiro atoms. The molecular formula is C17H21BrN2. The molecular weight excluding hydrogens is 312 g/mol. The number of halogens is 1. The Morgan fingerprint density at radius 2 is 1.85 bits per heavy atom. The van der Waals surface area contributed by atoms with Crippen molar-refractivity contribution >= 4 is 27.3 Å². The Bertz CT molecular complexity index is 608. The molecule has 0 aliphatic heterocycles. The van der Waals surface area contributed by atoms with Gasteiger partial charge in [0.25, 0.3) is 0 Å². The van der Waals surface area contributed by atoms with Crippen LogP contribution in [0.15, 0.2) is 40.9 Å². The third-order valence-electron chi connectivity index (χ3n) is 3.62. The van der Waals surface area contributed by atoms with Gasteiger partial charge in [-0.1, -0.05) is 28.1 Å². The van der Waals surface area contributed by atoms with Crippen LogP contribution in [0.3, 0.4) is 0 Å². The molecule has 0 radical (unpaired) electrons. The van der Waals surface area contributed by atoms with E-state index in [4.69, 9.17) is 5.73 Å². The van der Waals surface area contributed by atoms with Crippen molar-refractivity contribution in [1.29, 1.82) is 0 Å². The van der Waals surface area contributed by atoms with E-state index in [0.717, 1.165) is 28.8 Å². The average molecular weight is 333 g/mol. The van der Waals surface area contributed by atoms with Crippen molar-refractivity contribution in [2.45, 2.75) is 20.3 Å². The number of rotatable bonds is 4. The highest BCUT2D eigenvalue weighted by Gasteiger charge is 2.07. The van der Waals surface area contributed by atoms with Crippen molar-refractivity contribution in [2.75, 3.05) is 24.2 Å². The minimum absolute atomic E-state index is 0.846. The SMILES string of the molecule is Cc1ccc(N(C)CCc2cc(Br)ccc2C)c(N)c1. The van der Waals surface area contributed by atoms with Gasteiger partial charge in [-0.25, -0.2) is 0 Å². The molecule has 0 amide bonds. The Balaban J connectivity index is 2.08. The maximum absolute atomic E-state index is 6.10. The number of anilines is 2. The zero-order valence-electron chi connectivity index (χ0n) is 12.3. The third kappa shape index (κ3) is 3.54. The molecule has 0 unspecified atom stereocenters. The molecule has 3 heteroatoms. The fourth-order valence-corrected chi connectivity index (χ4v) is 2.75. The van der Waals surface area contributed by atoms with Crippen LogP contribution >= 0.6 is 15.9 Å². The van der Waals surface area contributed by atoms with Crippen molar-refractivity contribution in [2.24, 2.45) is 0 Å². The lowest BCUT2D eigenvalue weighted by atomic mass is 10.1. The van der Waals surface area contributed by atoms with Crippen LogP contribution in [0.25, 0.3) is 0 Å². The van der Waals surface area contributed by atoms with Crippen molar-refractivity contribution in [3.05, 3.63) is 57.6 Å². The first-order valence-electron chi connectivity index (χ1n) is 6.79. The van der Waals surface area contributed by atoms with Gasteiger partial charge in [0.15, 0.2) is 0 Å². The van der Waals surface area contributed by atoms with Gasteiger partial charge in [0, 0.05) is 18.1 Å². The summed E-state index contributed by atoms with van der Waals surface area (Å²) in [5.74, 6) is 0. The lowest BCUT2D eigenvalue weighted by Crippen LogP contribution is -2.21. The summed E-state index contributed by atoms with van der Waals surface area (Å²) in [5, 5.41) is 0. The van der Waals surface area contributed by atoms with Gasteiger partial charge in [-0.3, -0.25) is 0 Å². The first kappa shape index (κ1) is 14.9. The molecule has 106 valence electrons. The van der Waals surface area contributed by atoms with Crippen LogP contribution in [0, 0.1) is 13.8 Å². The van der Waals surface area contributed by atoms with Crippen LogP contribution in [-0.4, -0.2) is 13.6 Å². The van der Waals surface area contributed by atoms with Crippen molar-refractivity contribution in [1.82, 2.24) is 0 Å². The molecule has 0 aliphatic rings. The summed E-state index contributed by atoms with van der Waals surface area (Å²) in [6.45, 7) is 5.16. The van der Waals surface area contributed by atoms with Gasteiger partial charge in [-0.15, -0.1) is 0 Å². The molecule has 0 heterocycles. The number of likely N-dealkylation sites (N-methyl/N-ethyl adjacent to an activating group) is 1. The van der Waals surface area contributed by atoms with Gasteiger partial charge in [-0.05, 0) is 61.2 Å². The van der Waals surface area contributed by atoms with Gasteiger partial charge >= 0.3 is 0 Å². The topological polar surface area (TPSA) is 29.3 Å². The lowest BCUT2D eigenvalue weighted by Gasteiger charge is -2.22. The standard InChI is InChI=1S/C17H21BrN2/c1-12-4-7-17(16(19)10-12)20(3)9-8-14-11-15(18)6-5-13(14)2/h4-7,10-11H,8-9,19H2,1-3H3. The zero-order chi connectivity index (χ0) is 14.7. The van der Waals surface area contributed by atoms with Gasteiger partial charge in [0.05, 0.1) is 11.4 Å².